The van der Waals surface area contributed by atoms with E-state index >= 15 is 0 Å². The smallest absolute Gasteiger partial charge is 0.0784 e. The van der Waals surface area contributed by atoms with Gasteiger partial charge in [0, 0.05) is 20.1 Å². The van der Waals surface area contributed by atoms with Gasteiger partial charge >= 0.3 is 0 Å². The molecule has 5 heteroatoms. The number of fused-ring (bicyclic) bond motifs is 4. The van der Waals surface area contributed by atoms with Crippen LogP contribution in [-0.4, -0.2) is 35.5 Å². The van der Waals surface area contributed by atoms with Gasteiger partial charge < -0.3 is 10.2 Å². The summed E-state index contributed by atoms with van der Waals surface area (Å²) in [6.07, 6.45) is 1.91. The Bertz CT molecular complexity index is 1080. The number of benzene rings is 2. The average Bonchev–Trinajstić information content (AvgIpc) is 2.64. The molecule has 0 saturated heterocycles. The van der Waals surface area contributed by atoms with E-state index in [1.807, 2.05) is 0 Å². The molecule has 1 radical (unpaired) electrons. The third-order valence-electron chi connectivity index (χ3n) is 5.84. The number of nitrogens with zero attached hydrogens (tertiary/aromatic N) is 1. The molecule has 2 aromatic carbocycles. The molecule has 175 valence electrons. The van der Waals surface area contributed by atoms with Crippen LogP contribution in [0.1, 0.15) is 42.5 Å². The van der Waals surface area contributed by atoms with Crippen molar-refractivity contribution in [3.63, 3.8) is 0 Å². The normalized spacial score (nSPS) is 14.4. The predicted molar refractivity (Wildman–Crippen MR) is 134 cm³/mol. The Balaban J connectivity index is 0.000000398. The van der Waals surface area contributed by atoms with E-state index in [9.17, 15) is 0 Å². The van der Waals surface area contributed by atoms with E-state index in [0.29, 0.717) is 6.42 Å². The maximum absolute atomic E-state index is 8.56. The third kappa shape index (κ3) is 6.15. The molecule has 0 bridgehead atoms. The minimum Gasteiger partial charge on any atom is -0.393 e. The molecule has 1 aromatic heterocycles. The van der Waals surface area contributed by atoms with E-state index in [4.69, 9.17) is 15.2 Å². The summed E-state index contributed by atoms with van der Waals surface area (Å²) in [7, 11) is -1.38. The van der Waals surface area contributed by atoms with Crippen LogP contribution in [0.5, 0.6) is 0 Å². The number of aliphatic hydroxyl groups excluding tert-OH is 2. The van der Waals surface area contributed by atoms with Gasteiger partial charge in [-0.25, -0.2) is 0 Å². The Morgan fingerprint density at radius 2 is 1.69 bits per heavy atom. The minimum atomic E-state index is -1.38. The second-order valence-corrected chi connectivity index (χ2v) is 15.1. The average molecular weight is 627 g/mol. The van der Waals surface area contributed by atoms with Crippen LogP contribution in [0.2, 0.25) is 19.6 Å². The monoisotopic (exact) mass is 627 g/mol. The van der Waals surface area contributed by atoms with Gasteiger partial charge in [-0.15, -0.1) is 34.4 Å². The van der Waals surface area contributed by atoms with Crippen LogP contribution in [0.15, 0.2) is 30.3 Å². The number of rotatable bonds is 3. The molecule has 2 unspecified atom stereocenters. The molecule has 0 fully saturated rings. The van der Waals surface area contributed by atoms with E-state index in [1.54, 1.807) is 13.8 Å². The van der Waals surface area contributed by atoms with Gasteiger partial charge in [-0.2, -0.15) is 0 Å². The van der Waals surface area contributed by atoms with Gasteiger partial charge in [-0.05, 0) is 43.8 Å². The Morgan fingerprint density at radius 1 is 1.03 bits per heavy atom. The van der Waals surface area contributed by atoms with Crippen LogP contribution >= 0.6 is 0 Å². The van der Waals surface area contributed by atoms with Gasteiger partial charge in [0.25, 0.3) is 0 Å². The Kier molecular flexibility index (Phi) is 9.00. The van der Waals surface area contributed by atoms with E-state index in [0.717, 1.165) is 24.1 Å². The van der Waals surface area contributed by atoms with Gasteiger partial charge in [0.05, 0.1) is 25.8 Å². The van der Waals surface area contributed by atoms with Crippen molar-refractivity contribution in [3.05, 3.63) is 58.7 Å². The van der Waals surface area contributed by atoms with Crippen molar-refractivity contribution in [1.29, 1.82) is 0 Å². The molecule has 1 heterocycles. The van der Waals surface area contributed by atoms with Gasteiger partial charge in [0.2, 0.25) is 0 Å². The molecule has 0 aliphatic heterocycles. The topological polar surface area (TPSA) is 53.4 Å². The first-order chi connectivity index (χ1) is 14.5. The summed E-state index contributed by atoms with van der Waals surface area (Å²) >= 11 is 0. The molecule has 0 amide bonds. The van der Waals surface area contributed by atoms with Gasteiger partial charge in [0.15, 0.2) is 0 Å². The second kappa shape index (κ2) is 10.7. The number of aromatic nitrogens is 1. The minimum absolute atomic E-state index is 0. The first-order valence-corrected chi connectivity index (χ1v) is 14.8. The van der Waals surface area contributed by atoms with Crippen molar-refractivity contribution in [2.75, 3.05) is 0 Å². The molecule has 4 rings (SSSR count). The van der Waals surface area contributed by atoms with Gasteiger partial charge in [0.1, 0.15) is 0 Å². The molecule has 32 heavy (non-hydrogen) atoms. The molecule has 3 nitrogen and oxygen atoms in total. The van der Waals surface area contributed by atoms with Crippen LogP contribution in [0, 0.1) is 19.9 Å². The fourth-order valence-electron chi connectivity index (χ4n) is 4.49. The van der Waals surface area contributed by atoms with E-state index in [1.165, 1.54) is 38.4 Å². The summed E-state index contributed by atoms with van der Waals surface area (Å²) in [4.78, 5) is 5.10. The van der Waals surface area contributed by atoms with Crippen molar-refractivity contribution in [1.82, 2.24) is 4.98 Å². The number of hydrogen-bond acceptors (Lipinski definition) is 3. The van der Waals surface area contributed by atoms with Crippen LogP contribution in [0.4, 0.5) is 0 Å². The zero-order valence-corrected chi connectivity index (χ0v) is 23.7. The zero-order chi connectivity index (χ0) is 22.9. The van der Waals surface area contributed by atoms with Crippen LogP contribution in [0.3, 0.4) is 0 Å². The molecular formula is C27H36IrNO2Si-. The fraction of sp³-hybridized carbons (Fsp3) is 0.444. The van der Waals surface area contributed by atoms with Gasteiger partial charge in [-0.3, -0.25) is 4.98 Å². The van der Waals surface area contributed by atoms with Crippen LogP contribution < -0.4 is 5.19 Å². The predicted octanol–water partition coefficient (Wildman–Crippen LogP) is 5.10. The summed E-state index contributed by atoms with van der Waals surface area (Å²) in [6.45, 7) is 14.9. The van der Waals surface area contributed by atoms with Crippen molar-refractivity contribution in [2.24, 2.45) is 0 Å². The Morgan fingerprint density at radius 3 is 2.25 bits per heavy atom. The van der Waals surface area contributed by atoms with Crippen molar-refractivity contribution >= 4 is 24.2 Å². The summed E-state index contributed by atoms with van der Waals surface area (Å²) in [5.41, 5.74) is 8.93. The number of pyridine rings is 1. The number of aliphatic hydroxyl groups is 2. The van der Waals surface area contributed by atoms with Crippen LogP contribution in [0.25, 0.3) is 22.2 Å². The SMILES string of the molecule is CC(O)CC(C)O.Cc1[c-]c2c(c(C)c1)CCc1cc3c([Si](C)(C)C)cccc3nc1-2.[Ir]. The van der Waals surface area contributed by atoms with E-state index < -0.39 is 8.07 Å². The summed E-state index contributed by atoms with van der Waals surface area (Å²) in [6, 6.07) is 14.9. The van der Waals surface area contributed by atoms with Crippen LogP contribution in [-0.2, 0) is 32.9 Å². The Hall–Kier alpha value is -1.36. The molecule has 0 spiro atoms. The van der Waals surface area contributed by atoms with Crippen molar-refractivity contribution in [2.45, 2.75) is 78.8 Å². The maximum atomic E-state index is 8.56. The maximum Gasteiger partial charge on any atom is 0.0784 e. The summed E-state index contributed by atoms with van der Waals surface area (Å²) in [5.74, 6) is 0. The third-order valence-corrected chi connectivity index (χ3v) is 7.89. The Labute approximate surface area is 207 Å². The molecule has 3 aromatic rings. The quantitative estimate of drug-likeness (QED) is 0.315. The van der Waals surface area contributed by atoms with E-state index in [2.05, 4.69) is 69.9 Å². The first-order valence-electron chi connectivity index (χ1n) is 11.3. The molecule has 1 aliphatic carbocycles. The molecule has 0 saturated carbocycles. The van der Waals surface area contributed by atoms with E-state index in [-0.39, 0.29) is 32.3 Å². The molecular weight excluding hydrogens is 591 g/mol. The summed E-state index contributed by atoms with van der Waals surface area (Å²) in [5, 5.41) is 20.0. The van der Waals surface area contributed by atoms with Crippen molar-refractivity contribution in [3.8, 4) is 11.3 Å². The number of aryl methyl sites for hydroxylation is 3. The molecule has 1 aliphatic rings. The van der Waals surface area contributed by atoms with Crippen molar-refractivity contribution < 1.29 is 30.3 Å². The molecule has 2 atom stereocenters. The zero-order valence-electron chi connectivity index (χ0n) is 20.3. The number of hydrogen-bond donors (Lipinski definition) is 2. The standard InChI is InChI=1S/C22H24NSi.C5H12O2.Ir/c1-14-11-15(2)17-10-9-16-13-19-20(23-22(16)18(17)12-14)7-6-8-21(19)24(3,4)5;1-4(6)3-5(2)7;/h6-8,11,13H,9-10H2,1-5H3;4-7H,3H2,1-2H3;/q-1;;. The molecule has 2 N–H and O–H groups in total. The first kappa shape index (κ1) is 26.9. The second-order valence-electron chi connectivity index (χ2n) is 10.0. The summed E-state index contributed by atoms with van der Waals surface area (Å²) < 4.78 is 0. The van der Waals surface area contributed by atoms with Gasteiger partial charge in [-0.1, -0.05) is 68.9 Å². The largest absolute Gasteiger partial charge is 0.393 e. The fourth-order valence-corrected chi connectivity index (χ4v) is 6.10.